The van der Waals surface area contributed by atoms with Crippen LogP contribution < -0.4 is 0 Å². The Morgan fingerprint density at radius 1 is 1.47 bits per heavy atom. The Morgan fingerprint density at radius 2 is 2.20 bits per heavy atom. The quantitative estimate of drug-likeness (QED) is 0.805. The lowest BCUT2D eigenvalue weighted by Gasteiger charge is -2.06. The fourth-order valence-corrected chi connectivity index (χ4v) is 1.81. The van der Waals surface area contributed by atoms with Gasteiger partial charge < -0.3 is 10.1 Å². The first-order valence-electron chi connectivity index (χ1n) is 5.03. The SMILES string of the molecule is CC[C@@H](C(=O)O)c1cc2ccccc2[nH]1. The largest absolute Gasteiger partial charge is 0.481 e. The van der Waals surface area contributed by atoms with Gasteiger partial charge in [0.25, 0.3) is 0 Å². The van der Waals surface area contributed by atoms with Crippen molar-refractivity contribution in [1.82, 2.24) is 4.98 Å². The van der Waals surface area contributed by atoms with Gasteiger partial charge in [0.1, 0.15) is 0 Å². The van der Waals surface area contributed by atoms with Gasteiger partial charge in [0.15, 0.2) is 0 Å². The molecule has 0 spiro atoms. The van der Waals surface area contributed by atoms with Gasteiger partial charge in [-0.3, -0.25) is 4.79 Å². The summed E-state index contributed by atoms with van der Waals surface area (Å²) in [6.45, 7) is 1.88. The van der Waals surface area contributed by atoms with E-state index >= 15 is 0 Å². The third-order valence-corrected chi connectivity index (χ3v) is 2.63. The molecule has 0 unspecified atom stereocenters. The highest BCUT2D eigenvalue weighted by atomic mass is 16.4. The first-order chi connectivity index (χ1) is 7.22. The molecule has 0 saturated carbocycles. The van der Waals surface area contributed by atoms with Crippen LogP contribution >= 0.6 is 0 Å². The van der Waals surface area contributed by atoms with Gasteiger partial charge in [0, 0.05) is 11.2 Å². The molecule has 0 aliphatic heterocycles. The van der Waals surface area contributed by atoms with Gasteiger partial charge in [-0.25, -0.2) is 0 Å². The summed E-state index contributed by atoms with van der Waals surface area (Å²) >= 11 is 0. The number of carbonyl (C=O) groups is 1. The molecule has 3 nitrogen and oxygen atoms in total. The number of aliphatic carboxylic acids is 1. The number of hydrogen-bond acceptors (Lipinski definition) is 1. The van der Waals surface area contributed by atoms with Gasteiger partial charge in [-0.05, 0) is 23.9 Å². The van der Waals surface area contributed by atoms with Crippen LogP contribution in [0, 0.1) is 0 Å². The van der Waals surface area contributed by atoms with Crippen LogP contribution in [0.15, 0.2) is 30.3 Å². The first-order valence-corrected chi connectivity index (χ1v) is 5.03. The van der Waals surface area contributed by atoms with Crippen LogP contribution in [0.2, 0.25) is 0 Å². The van der Waals surface area contributed by atoms with Crippen LogP contribution in [0.4, 0.5) is 0 Å². The number of aromatic nitrogens is 1. The standard InChI is InChI=1S/C12H13NO2/c1-2-9(12(14)15)11-7-8-5-3-4-6-10(8)13-11/h3-7,9,13H,2H2,1H3,(H,14,15)/t9-/m1/s1. The molecule has 0 amide bonds. The van der Waals surface area contributed by atoms with Crippen molar-refractivity contribution in [1.29, 1.82) is 0 Å². The molecule has 2 N–H and O–H groups in total. The Kier molecular flexibility index (Phi) is 2.46. The fourth-order valence-electron chi connectivity index (χ4n) is 1.81. The summed E-state index contributed by atoms with van der Waals surface area (Å²) in [5.41, 5.74) is 1.78. The van der Waals surface area contributed by atoms with Crippen LogP contribution in [0.25, 0.3) is 10.9 Å². The number of H-pyrrole nitrogens is 1. The van der Waals surface area contributed by atoms with Crippen LogP contribution in [-0.2, 0) is 4.79 Å². The average molecular weight is 203 g/mol. The first kappa shape index (κ1) is 9.77. The monoisotopic (exact) mass is 203 g/mol. The van der Waals surface area contributed by atoms with Crippen molar-refractivity contribution in [2.24, 2.45) is 0 Å². The molecular formula is C12H13NO2. The average Bonchev–Trinajstić information content (AvgIpc) is 2.61. The molecule has 1 heterocycles. The van der Waals surface area contributed by atoms with E-state index in [0.717, 1.165) is 16.6 Å². The van der Waals surface area contributed by atoms with Gasteiger partial charge >= 0.3 is 5.97 Å². The van der Waals surface area contributed by atoms with Crippen LogP contribution in [0.3, 0.4) is 0 Å². The number of carboxylic acid groups (broad SMARTS) is 1. The molecule has 1 aromatic heterocycles. The zero-order valence-corrected chi connectivity index (χ0v) is 8.53. The van der Waals surface area contributed by atoms with E-state index in [9.17, 15) is 4.79 Å². The Balaban J connectivity index is 2.47. The van der Waals surface area contributed by atoms with Gasteiger partial charge in [0.2, 0.25) is 0 Å². The van der Waals surface area contributed by atoms with E-state index in [2.05, 4.69) is 4.98 Å². The Hall–Kier alpha value is -1.77. The summed E-state index contributed by atoms with van der Waals surface area (Å²) in [6.07, 6.45) is 0.599. The van der Waals surface area contributed by atoms with Crippen LogP contribution in [0.1, 0.15) is 25.0 Å². The predicted octanol–water partition coefficient (Wildman–Crippen LogP) is 2.75. The zero-order chi connectivity index (χ0) is 10.8. The molecule has 15 heavy (non-hydrogen) atoms. The topological polar surface area (TPSA) is 53.1 Å². The van der Waals surface area contributed by atoms with E-state index in [4.69, 9.17) is 5.11 Å². The van der Waals surface area contributed by atoms with Crippen molar-refractivity contribution in [3.05, 3.63) is 36.0 Å². The van der Waals surface area contributed by atoms with Gasteiger partial charge in [-0.2, -0.15) is 0 Å². The highest BCUT2D eigenvalue weighted by Crippen LogP contribution is 2.23. The Bertz CT molecular complexity index is 454. The smallest absolute Gasteiger partial charge is 0.312 e. The number of benzene rings is 1. The Morgan fingerprint density at radius 3 is 2.80 bits per heavy atom. The molecule has 2 aromatic rings. The maximum absolute atomic E-state index is 11.0. The van der Waals surface area contributed by atoms with E-state index in [1.165, 1.54) is 0 Å². The third-order valence-electron chi connectivity index (χ3n) is 2.63. The molecule has 0 saturated heterocycles. The van der Waals surface area contributed by atoms with Crippen molar-refractivity contribution in [2.75, 3.05) is 0 Å². The summed E-state index contributed by atoms with van der Waals surface area (Å²) in [5.74, 6) is -1.21. The van der Waals surface area contributed by atoms with Gasteiger partial charge in [-0.15, -0.1) is 0 Å². The molecular weight excluding hydrogens is 190 g/mol. The number of aromatic amines is 1. The van der Waals surface area contributed by atoms with Crippen molar-refractivity contribution in [2.45, 2.75) is 19.3 Å². The normalized spacial score (nSPS) is 12.9. The maximum Gasteiger partial charge on any atom is 0.312 e. The number of carboxylic acids is 1. The highest BCUT2D eigenvalue weighted by Gasteiger charge is 2.19. The van der Waals surface area contributed by atoms with E-state index in [1.807, 2.05) is 37.3 Å². The number of rotatable bonds is 3. The predicted molar refractivity (Wildman–Crippen MR) is 59.0 cm³/mol. The molecule has 2 rings (SSSR count). The molecule has 0 bridgehead atoms. The number of nitrogens with one attached hydrogen (secondary N) is 1. The molecule has 1 atom stereocenters. The zero-order valence-electron chi connectivity index (χ0n) is 8.53. The lowest BCUT2D eigenvalue weighted by molar-refractivity contribution is -0.138. The molecule has 0 radical (unpaired) electrons. The maximum atomic E-state index is 11.0. The lowest BCUT2D eigenvalue weighted by atomic mass is 10.0. The minimum atomic E-state index is -0.774. The summed E-state index contributed by atoms with van der Waals surface area (Å²) < 4.78 is 0. The molecule has 0 aliphatic carbocycles. The molecule has 0 fully saturated rings. The summed E-state index contributed by atoms with van der Waals surface area (Å²) in [6, 6.07) is 9.72. The summed E-state index contributed by atoms with van der Waals surface area (Å²) in [7, 11) is 0. The highest BCUT2D eigenvalue weighted by molar-refractivity contribution is 5.83. The van der Waals surface area contributed by atoms with E-state index in [-0.39, 0.29) is 0 Å². The number of fused-ring (bicyclic) bond motifs is 1. The van der Waals surface area contributed by atoms with Crippen molar-refractivity contribution in [3.8, 4) is 0 Å². The molecule has 1 aromatic carbocycles. The van der Waals surface area contributed by atoms with E-state index in [1.54, 1.807) is 0 Å². The second kappa shape index (κ2) is 3.77. The van der Waals surface area contributed by atoms with Crippen LogP contribution in [-0.4, -0.2) is 16.1 Å². The van der Waals surface area contributed by atoms with E-state index < -0.39 is 11.9 Å². The third kappa shape index (κ3) is 1.73. The fraction of sp³-hybridized carbons (Fsp3) is 0.250. The van der Waals surface area contributed by atoms with Crippen molar-refractivity contribution >= 4 is 16.9 Å². The minimum absolute atomic E-state index is 0.433. The molecule has 78 valence electrons. The Labute approximate surface area is 87.7 Å². The van der Waals surface area contributed by atoms with Crippen LogP contribution in [0.5, 0.6) is 0 Å². The second-order valence-electron chi connectivity index (χ2n) is 3.61. The lowest BCUT2D eigenvalue weighted by Crippen LogP contribution is -2.10. The number of para-hydroxylation sites is 1. The minimum Gasteiger partial charge on any atom is -0.481 e. The second-order valence-corrected chi connectivity index (χ2v) is 3.61. The molecule has 0 aliphatic rings. The molecule has 3 heteroatoms. The van der Waals surface area contributed by atoms with Crippen molar-refractivity contribution in [3.63, 3.8) is 0 Å². The van der Waals surface area contributed by atoms with Crippen molar-refractivity contribution < 1.29 is 9.90 Å². The van der Waals surface area contributed by atoms with Gasteiger partial charge in [0.05, 0.1) is 5.92 Å². The number of hydrogen-bond donors (Lipinski definition) is 2. The van der Waals surface area contributed by atoms with E-state index in [0.29, 0.717) is 6.42 Å². The van der Waals surface area contributed by atoms with Gasteiger partial charge in [-0.1, -0.05) is 25.1 Å². The summed E-state index contributed by atoms with van der Waals surface area (Å²) in [4.78, 5) is 14.1. The summed E-state index contributed by atoms with van der Waals surface area (Å²) in [5, 5.41) is 10.1.